The minimum atomic E-state index is -4.42. The molecule has 0 aliphatic heterocycles. The van der Waals surface area contributed by atoms with E-state index in [4.69, 9.17) is 16.8 Å². The molecule has 26 heteroatoms. The van der Waals surface area contributed by atoms with Gasteiger partial charge in [0, 0.05) is 61.1 Å². The van der Waals surface area contributed by atoms with Crippen LogP contribution in [0.4, 0.5) is 39.8 Å². The van der Waals surface area contributed by atoms with E-state index in [1.54, 1.807) is 133 Å². The zero-order chi connectivity index (χ0) is 72.5. The Kier molecular flexibility index (Phi) is 30.6. The number of hydrogen-bond donors (Lipinski definition) is 3. The van der Waals surface area contributed by atoms with Gasteiger partial charge in [0.2, 0.25) is 5.91 Å². The molecule has 0 saturated heterocycles. The van der Waals surface area contributed by atoms with Gasteiger partial charge in [-0.1, -0.05) is 127 Å². The van der Waals surface area contributed by atoms with E-state index in [-0.39, 0.29) is 46.7 Å². The van der Waals surface area contributed by atoms with Crippen LogP contribution in [0.1, 0.15) is 52.7 Å². The number of nitrogens with one attached hydrogen (secondary N) is 1. The molecule has 0 fully saturated rings. The Morgan fingerprint density at radius 1 is 0.475 bits per heavy atom. The van der Waals surface area contributed by atoms with Crippen molar-refractivity contribution in [3.63, 3.8) is 0 Å². The van der Waals surface area contributed by atoms with Gasteiger partial charge in [-0.3, -0.25) is 9.59 Å². The Morgan fingerprint density at radius 3 is 1.23 bits per heavy atom. The monoisotopic (exact) mass is 1400 g/mol. The average Bonchev–Trinajstić information content (AvgIpc) is 0.802. The van der Waals surface area contributed by atoms with E-state index in [1.165, 1.54) is 74.6 Å². The topological polar surface area (TPSA) is 282 Å². The SMILES string of the molecule is CCN(CC)c1ccc(C(=C2C=CC(=[N+](CC)CC)C=C2)c2ccc(N(CC)CC)cc2)cc1.O=C(O)CN(CC(=O)Nc1ccccc1)c1ccccc1.O=NN([O][Al]([O]N(N=O)c1ccccc1)[O]N(N=O)c1ccccc1)c1ccccc1.O=S(=O)([O-])c1ccc2cc(O)ccc2c1. The third kappa shape index (κ3) is 23.5. The van der Waals surface area contributed by atoms with Crippen LogP contribution in [0.5, 0.6) is 5.75 Å². The number of carbonyl (C=O) groups is 2. The fraction of sp³-hybridized carbons (Fsp3) is 0.187. The first-order valence-corrected chi connectivity index (χ1v) is 35.3. The minimum absolute atomic E-state index is 0.0226. The van der Waals surface area contributed by atoms with Crippen molar-refractivity contribution in [1.82, 2.24) is 0 Å². The predicted molar refractivity (Wildman–Crippen MR) is 399 cm³/mol. The molecular formula is C75H80AlN11O13S. The quantitative estimate of drug-likeness (QED) is 0.0129. The van der Waals surface area contributed by atoms with Crippen LogP contribution in [-0.4, -0.2) is 113 Å². The van der Waals surface area contributed by atoms with Crippen LogP contribution in [0.25, 0.3) is 16.3 Å². The van der Waals surface area contributed by atoms with Crippen molar-refractivity contribution in [2.75, 3.05) is 87.9 Å². The molecule has 9 aromatic rings. The number of benzene rings is 9. The van der Waals surface area contributed by atoms with E-state index in [2.05, 4.69) is 150 Å². The zero-order valence-electron chi connectivity index (χ0n) is 56.8. The number of rotatable bonds is 29. The van der Waals surface area contributed by atoms with Gasteiger partial charge in [0.05, 0.1) is 44.4 Å². The highest BCUT2D eigenvalue weighted by atomic mass is 32.2. The van der Waals surface area contributed by atoms with Gasteiger partial charge < -0.3 is 46.5 Å². The first-order chi connectivity index (χ1) is 48.9. The summed E-state index contributed by atoms with van der Waals surface area (Å²) < 4.78 is 51.0. The summed E-state index contributed by atoms with van der Waals surface area (Å²) in [5.74, 6) is -1.14. The summed E-state index contributed by atoms with van der Waals surface area (Å²) in [7, 11) is -4.42. The number of allylic oxidation sites excluding steroid dienone is 5. The summed E-state index contributed by atoms with van der Waals surface area (Å²) in [4.78, 5) is 63.1. The van der Waals surface area contributed by atoms with Crippen LogP contribution in [0.3, 0.4) is 0 Å². The van der Waals surface area contributed by atoms with E-state index in [0.717, 1.165) is 39.3 Å². The number of anilines is 7. The van der Waals surface area contributed by atoms with Gasteiger partial charge in [0.15, 0.2) is 5.71 Å². The molecule has 0 bridgehead atoms. The number of aromatic hydroxyl groups is 1. The largest absolute Gasteiger partial charge is 0.980 e. The maximum Gasteiger partial charge on any atom is 0.980 e. The number of amides is 1. The minimum Gasteiger partial charge on any atom is -0.744 e. The molecule has 0 atom stereocenters. The summed E-state index contributed by atoms with van der Waals surface area (Å²) in [5.41, 5.74) is 11.0. The lowest BCUT2D eigenvalue weighted by atomic mass is 9.90. The number of para-hydroxylation sites is 5. The summed E-state index contributed by atoms with van der Waals surface area (Å²) in [6, 6.07) is 69.1. The van der Waals surface area contributed by atoms with Crippen LogP contribution in [0, 0.1) is 14.7 Å². The number of phenolic OH excluding ortho intramolecular Hbond substituents is 1. The van der Waals surface area contributed by atoms with Gasteiger partial charge in [-0.25, -0.2) is 13.0 Å². The van der Waals surface area contributed by atoms with Gasteiger partial charge in [0.25, 0.3) is 0 Å². The van der Waals surface area contributed by atoms with Crippen molar-refractivity contribution >= 4 is 99.0 Å². The Hall–Kier alpha value is -11.2. The van der Waals surface area contributed by atoms with Crippen LogP contribution < -0.4 is 35.5 Å². The molecule has 0 saturated carbocycles. The molecule has 0 heterocycles. The number of carbonyl (C=O) groups excluding carboxylic acids is 1. The zero-order valence-corrected chi connectivity index (χ0v) is 58.8. The smallest absolute Gasteiger partial charge is 0.744 e. The molecule has 0 unspecified atom stereocenters. The highest BCUT2D eigenvalue weighted by molar-refractivity contribution is 7.85. The molecule has 0 radical (unpaired) electrons. The number of carboxylic acids is 1. The fourth-order valence-corrected chi connectivity index (χ4v) is 12.0. The van der Waals surface area contributed by atoms with Crippen LogP contribution in [0.15, 0.2) is 287 Å². The number of hydrogen-bond acceptors (Lipinski definition) is 18. The molecule has 522 valence electrons. The van der Waals surface area contributed by atoms with E-state index in [0.29, 0.717) is 37.7 Å². The maximum atomic E-state index is 12.0. The van der Waals surface area contributed by atoms with Crippen molar-refractivity contribution in [1.29, 1.82) is 0 Å². The van der Waals surface area contributed by atoms with Crippen LogP contribution >= 0.6 is 0 Å². The van der Waals surface area contributed by atoms with Crippen molar-refractivity contribution < 1.29 is 49.0 Å². The Morgan fingerprint density at radius 2 is 0.851 bits per heavy atom. The van der Waals surface area contributed by atoms with E-state index >= 15 is 0 Å². The van der Waals surface area contributed by atoms with Crippen LogP contribution in [-0.2, 0) is 31.4 Å². The standard InChI is InChI=1S/C31H42N3.C16H16N2O3.C10H8O4S.3C6H5N2O2.Al/c1-7-32(8-2)28-19-13-25(14-20-28)31(26-15-21-29(22-16-26)33(9-3)10-4)27-17-23-30(24-18-27)34(11-5)12-6;19-15(17-13-7-3-1-4-8-13)11-18(12-16(20)21)14-9-5-2-6-10-14;11-9-3-1-8-6-10(15(12,13)14)4-2-7(8)5-9;3*9-7-8(10)6-4-2-1-3-5-6;/h13-24H,7-12H2,1-6H3;1-10H,11-12H2,(H,17,19)(H,20,21);1-6,11H,(H,12,13,14);3*1-5H;/q+1;;;3*-1;+3/p-1. The number of phenols is 1. The normalized spacial score (nSPS) is 11.2. The lowest BCUT2D eigenvalue weighted by Crippen LogP contribution is -2.42. The average molecular weight is 1400 g/mol. The molecule has 3 N–H and O–H groups in total. The summed E-state index contributed by atoms with van der Waals surface area (Å²) in [6.07, 6.45) is 9.08. The lowest BCUT2D eigenvalue weighted by molar-refractivity contribution is -0.519. The first-order valence-electron chi connectivity index (χ1n) is 32.5. The maximum absolute atomic E-state index is 12.0. The van der Waals surface area contributed by atoms with Crippen molar-refractivity contribution in [2.45, 2.75) is 46.4 Å². The van der Waals surface area contributed by atoms with Crippen LogP contribution in [0.2, 0.25) is 0 Å². The second kappa shape index (κ2) is 40.0. The lowest BCUT2D eigenvalue weighted by Gasteiger charge is -2.24. The van der Waals surface area contributed by atoms with E-state index in [1.807, 2.05) is 24.3 Å². The van der Waals surface area contributed by atoms with Gasteiger partial charge in [0.1, 0.15) is 35.5 Å². The molecule has 0 aromatic heterocycles. The predicted octanol–water partition coefficient (Wildman–Crippen LogP) is 14.8. The first kappa shape index (κ1) is 77.1. The number of fused-ring (bicyclic) bond motifs is 1. The van der Waals surface area contributed by atoms with Crippen molar-refractivity contribution in [3.8, 4) is 5.75 Å². The second-order valence-electron chi connectivity index (χ2n) is 21.9. The van der Waals surface area contributed by atoms with Crippen molar-refractivity contribution in [2.24, 2.45) is 15.9 Å². The molecular weight excluding hydrogens is 1320 g/mol. The Balaban J connectivity index is 0.000000197. The fourth-order valence-electron chi connectivity index (χ4n) is 10.4. The molecule has 1 aliphatic carbocycles. The van der Waals surface area contributed by atoms with Gasteiger partial charge >= 0.3 is 21.1 Å². The molecule has 101 heavy (non-hydrogen) atoms. The summed E-state index contributed by atoms with van der Waals surface area (Å²) in [6.45, 7) is 19.1. The highest BCUT2D eigenvalue weighted by Crippen LogP contribution is 2.33. The Bertz CT molecular complexity index is 4140. The molecule has 10 rings (SSSR count). The number of nitrogens with zero attached hydrogens (tertiary/aromatic N) is 10. The Labute approximate surface area is 593 Å². The molecule has 1 aliphatic rings. The van der Waals surface area contributed by atoms with Crippen molar-refractivity contribution in [3.05, 3.63) is 292 Å². The third-order valence-electron chi connectivity index (χ3n) is 15.5. The van der Waals surface area contributed by atoms with Gasteiger partial charge in [-0.05, 0) is 196 Å². The molecule has 1 amide bonds. The molecule has 24 nitrogen and oxygen atoms in total. The number of aliphatic carboxylic acids is 1. The van der Waals surface area contributed by atoms with E-state index < -0.39 is 31.2 Å². The number of nitroso groups, excluding NO2 is 3. The molecule has 9 aromatic carbocycles. The summed E-state index contributed by atoms with van der Waals surface area (Å²) >= 11 is -3.57. The van der Waals surface area contributed by atoms with Gasteiger partial charge in [-0.2, -0.15) is 0 Å². The second-order valence-corrected chi connectivity index (χ2v) is 24.4. The molecule has 0 spiro atoms. The third-order valence-corrected chi connectivity index (χ3v) is 17.4. The van der Waals surface area contributed by atoms with Gasteiger partial charge in [-0.15, -0.1) is 30.2 Å². The van der Waals surface area contributed by atoms with E-state index in [9.17, 15) is 42.4 Å². The summed E-state index contributed by atoms with van der Waals surface area (Å²) in [5, 5.41) is 32.4. The highest BCUT2D eigenvalue weighted by Gasteiger charge is 2.44. The number of carboxylic acid groups (broad SMARTS) is 1.